The number of amides is 1. The van der Waals surface area contributed by atoms with E-state index in [2.05, 4.69) is 4.72 Å². The third-order valence-electron chi connectivity index (χ3n) is 4.84. The molecule has 0 aromatic heterocycles. The largest absolute Gasteiger partial charge is 0.370 e. The summed E-state index contributed by atoms with van der Waals surface area (Å²) in [6.45, 7) is 1.47. The zero-order valence-electron chi connectivity index (χ0n) is 14.9. The molecule has 4 rings (SSSR count). The normalized spacial score (nSPS) is 20.4. The average Bonchev–Trinajstić information content (AvgIpc) is 3.52. The Hall–Kier alpha value is -2.22. The third-order valence-corrected chi connectivity index (χ3v) is 6.37. The fourth-order valence-corrected chi connectivity index (χ4v) is 4.46. The molecule has 0 spiro atoms. The lowest BCUT2D eigenvalue weighted by Crippen LogP contribution is -2.42. The van der Waals surface area contributed by atoms with Crippen molar-refractivity contribution in [1.29, 1.82) is 0 Å². The van der Waals surface area contributed by atoms with Gasteiger partial charge < -0.3 is 9.64 Å². The number of hydrogen-bond acceptors (Lipinski definition) is 4. The first kappa shape index (κ1) is 18.2. The van der Waals surface area contributed by atoms with E-state index < -0.39 is 10.0 Å². The fraction of sp³-hybridized carbons (Fsp3) is 0.350. The van der Waals surface area contributed by atoms with Gasteiger partial charge in [0.2, 0.25) is 10.0 Å². The summed E-state index contributed by atoms with van der Waals surface area (Å²) < 4.78 is 32.9. The zero-order valence-corrected chi connectivity index (χ0v) is 15.7. The van der Waals surface area contributed by atoms with Crippen molar-refractivity contribution in [2.45, 2.75) is 29.9 Å². The number of nitrogens with one attached hydrogen (secondary N) is 1. The van der Waals surface area contributed by atoms with Crippen LogP contribution in [0.2, 0.25) is 0 Å². The number of benzene rings is 2. The molecule has 2 aromatic rings. The maximum absolute atomic E-state index is 12.8. The minimum absolute atomic E-state index is 0.0552. The first-order chi connectivity index (χ1) is 13.0. The molecule has 1 aliphatic heterocycles. The second kappa shape index (κ2) is 7.42. The Morgan fingerprint density at radius 2 is 1.74 bits per heavy atom. The Kier molecular flexibility index (Phi) is 4.99. The van der Waals surface area contributed by atoms with Crippen LogP contribution >= 0.6 is 0 Å². The van der Waals surface area contributed by atoms with Crippen molar-refractivity contribution in [3.8, 4) is 0 Å². The second-order valence-corrected chi connectivity index (χ2v) is 8.66. The van der Waals surface area contributed by atoms with Gasteiger partial charge in [-0.25, -0.2) is 13.1 Å². The predicted octanol–water partition coefficient (Wildman–Crippen LogP) is 2.34. The summed E-state index contributed by atoms with van der Waals surface area (Å²) in [6, 6.07) is 16.0. The zero-order chi connectivity index (χ0) is 18.9. The maximum atomic E-state index is 12.8. The lowest BCUT2D eigenvalue weighted by Gasteiger charge is -2.33. The van der Waals surface area contributed by atoms with E-state index in [1.165, 1.54) is 12.1 Å². The lowest BCUT2D eigenvalue weighted by atomic mass is 10.1. The highest BCUT2D eigenvalue weighted by Gasteiger charge is 2.29. The molecule has 1 saturated heterocycles. The van der Waals surface area contributed by atoms with Crippen molar-refractivity contribution in [3.05, 3.63) is 65.7 Å². The molecule has 1 amide bonds. The summed E-state index contributed by atoms with van der Waals surface area (Å²) in [5.41, 5.74) is 1.52. The summed E-state index contributed by atoms with van der Waals surface area (Å²) in [6.07, 6.45) is 1.62. The Morgan fingerprint density at radius 3 is 2.41 bits per heavy atom. The van der Waals surface area contributed by atoms with Gasteiger partial charge in [0, 0.05) is 18.2 Å². The molecule has 27 heavy (non-hydrogen) atoms. The van der Waals surface area contributed by atoms with Gasteiger partial charge in [0.05, 0.1) is 18.0 Å². The van der Waals surface area contributed by atoms with Gasteiger partial charge in [0.1, 0.15) is 6.10 Å². The quantitative estimate of drug-likeness (QED) is 0.856. The Morgan fingerprint density at radius 1 is 1.04 bits per heavy atom. The van der Waals surface area contributed by atoms with E-state index in [1.54, 1.807) is 17.0 Å². The molecule has 1 aliphatic carbocycles. The van der Waals surface area contributed by atoms with E-state index in [9.17, 15) is 13.2 Å². The van der Waals surface area contributed by atoms with Gasteiger partial charge in [0.25, 0.3) is 5.91 Å². The van der Waals surface area contributed by atoms with Gasteiger partial charge in [-0.05, 0) is 42.7 Å². The van der Waals surface area contributed by atoms with Crippen LogP contribution in [0.15, 0.2) is 59.5 Å². The summed E-state index contributed by atoms with van der Waals surface area (Å²) in [7, 11) is -3.50. The lowest BCUT2D eigenvalue weighted by molar-refractivity contribution is -0.0228. The van der Waals surface area contributed by atoms with Gasteiger partial charge in [-0.15, -0.1) is 0 Å². The first-order valence-corrected chi connectivity index (χ1v) is 10.6. The highest BCUT2D eigenvalue weighted by Crippen LogP contribution is 2.24. The number of nitrogens with zero attached hydrogens (tertiary/aromatic N) is 1. The molecule has 0 bridgehead atoms. The smallest absolute Gasteiger partial charge is 0.254 e. The fourth-order valence-electron chi connectivity index (χ4n) is 3.15. The number of ether oxygens (including phenoxy) is 1. The van der Waals surface area contributed by atoms with Crippen LogP contribution in [0.5, 0.6) is 0 Å². The van der Waals surface area contributed by atoms with Crippen LogP contribution in [0.4, 0.5) is 0 Å². The molecule has 2 aromatic carbocycles. The van der Waals surface area contributed by atoms with Crippen LogP contribution in [-0.2, 0) is 14.8 Å². The minimum Gasteiger partial charge on any atom is -0.370 e. The highest BCUT2D eigenvalue weighted by molar-refractivity contribution is 7.89. The van der Waals surface area contributed by atoms with E-state index in [-0.39, 0.29) is 22.9 Å². The van der Waals surface area contributed by atoms with Crippen molar-refractivity contribution >= 4 is 15.9 Å². The number of carbonyl (C=O) groups excluding carboxylic acids is 1. The van der Waals surface area contributed by atoms with Crippen LogP contribution in [0.25, 0.3) is 0 Å². The van der Waals surface area contributed by atoms with Gasteiger partial charge in [-0.3, -0.25) is 4.79 Å². The van der Waals surface area contributed by atoms with Gasteiger partial charge in [-0.1, -0.05) is 30.3 Å². The van der Waals surface area contributed by atoms with Crippen LogP contribution in [-0.4, -0.2) is 45.0 Å². The van der Waals surface area contributed by atoms with E-state index >= 15 is 0 Å². The highest BCUT2D eigenvalue weighted by atomic mass is 32.2. The average molecular weight is 386 g/mol. The molecule has 2 fully saturated rings. The van der Waals surface area contributed by atoms with E-state index in [4.69, 9.17) is 4.74 Å². The molecule has 1 unspecified atom stereocenters. The van der Waals surface area contributed by atoms with E-state index in [0.717, 1.165) is 18.4 Å². The number of morpholine rings is 1. The standard InChI is InChI=1S/C20H22N2O4S/c23-20(22-12-13-26-19(14-22)15-4-2-1-3-5-15)16-6-10-18(11-7-16)27(24,25)21-17-8-9-17/h1-7,10-11,17,19,21H,8-9,12-14H2. The summed E-state index contributed by atoms with van der Waals surface area (Å²) in [4.78, 5) is 14.8. The molecule has 1 N–H and O–H groups in total. The Balaban J connectivity index is 1.46. The third kappa shape index (κ3) is 4.21. The molecule has 6 nitrogen and oxygen atoms in total. The molecule has 142 valence electrons. The van der Waals surface area contributed by atoms with E-state index in [1.807, 2.05) is 30.3 Å². The topological polar surface area (TPSA) is 75.7 Å². The van der Waals surface area contributed by atoms with Crippen molar-refractivity contribution in [1.82, 2.24) is 9.62 Å². The molecular formula is C20H22N2O4S. The number of carbonyl (C=O) groups is 1. The minimum atomic E-state index is -3.50. The predicted molar refractivity (Wildman–Crippen MR) is 101 cm³/mol. The van der Waals surface area contributed by atoms with Crippen LogP contribution in [0, 0.1) is 0 Å². The summed E-state index contributed by atoms with van der Waals surface area (Å²) >= 11 is 0. The number of rotatable bonds is 5. The Labute approximate surface area is 159 Å². The van der Waals surface area contributed by atoms with Gasteiger partial charge in [-0.2, -0.15) is 0 Å². The molecule has 7 heteroatoms. The molecular weight excluding hydrogens is 364 g/mol. The van der Waals surface area contributed by atoms with Crippen LogP contribution in [0.3, 0.4) is 0 Å². The molecule has 0 radical (unpaired) electrons. The Bertz CT molecular complexity index is 909. The monoisotopic (exact) mass is 386 g/mol. The van der Waals surface area contributed by atoms with Crippen molar-refractivity contribution in [3.63, 3.8) is 0 Å². The molecule has 1 saturated carbocycles. The molecule has 1 atom stereocenters. The van der Waals surface area contributed by atoms with Crippen molar-refractivity contribution < 1.29 is 17.9 Å². The van der Waals surface area contributed by atoms with Crippen LogP contribution < -0.4 is 4.72 Å². The van der Waals surface area contributed by atoms with Gasteiger partial charge >= 0.3 is 0 Å². The first-order valence-electron chi connectivity index (χ1n) is 9.11. The number of sulfonamides is 1. The van der Waals surface area contributed by atoms with Crippen molar-refractivity contribution in [2.75, 3.05) is 19.7 Å². The molecule has 1 heterocycles. The van der Waals surface area contributed by atoms with E-state index in [0.29, 0.717) is 25.3 Å². The number of hydrogen-bond donors (Lipinski definition) is 1. The van der Waals surface area contributed by atoms with Gasteiger partial charge in [0.15, 0.2) is 0 Å². The maximum Gasteiger partial charge on any atom is 0.254 e. The summed E-state index contributed by atoms with van der Waals surface area (Å²) in [5.74, 6) is -0.113. The molecule has 2 aliphatic rings. The summed E-state index contributed by atoms with van der Waals surface area (Å²) in [5, 5.41) is 0. The SMILES string of the molecule is O=C(c1ccc(S(=O)(=O)NC2CC2)cc1)N1CCOC(c2ccccc2)C1. The van der Waals surface area contributed by atoms with Crippen molar-refractivity contribution in [2.24, 2.45) is 0 Å². The second-order valence-electron chi connectivity index (χ2n) is 6.94. The van der Waals surface area contributed by atoms with Crippen LogP contribution in [0.1, 0.15) is 34.9 Å².